The second-order valence-electron chi connectivity index (χ2n) is 9.06. The number of phenolic OH excluding ortho intramolecular Hbond substituents is 1. The van der Waals surface area contributed by atoms with Crippen molar-refractivity contribution in [3.05, 3.63) is 27.2 Å². The molecule has 10 nitrogen and oxygen atoms in total. The summed E-state index contributed by atoms with van der Waals surface area (Å²) in [4.78, 5) is 77.8. The topological polar surface area (TPSA) is 172 Å². The lowest BCUT2D eigenvalue weighted by Gasteiger charge is -2.52. The number of nitrogens with zero attached hydrogens (tertiary/aromatic N) is 1. The molecule has 1 aromatic carbocycles. The first kappa shape index (κ1) is 23.4. The van der Waals surface area contributed by atoms with E-state index in [1.54, 1.807) is 0 Å². The highest BCUT2D eigenvalue weighted by atomic mass is 79.9. The van der Waals surface area contributed by atoms with E-state index in [-0.39, 0.29) is 24.0 Å². The maximum absolute atomic E-state index is 13.6. The normalized spacial score (nSPS) is 33.4. The molecule has 2 fully saturated rings. The van der Waals surface area contributed by atoms with Crippen LogP contribution in [-0.4, -0.2) is 76.2 Å². The van der Waals surface area contributed by atoms with E-state index < -0.39 is 70.1 Å². The number of aromatic hydroxyl groups is 1. The Kier molecular flexibility index (Phi) is 5.42. The molecule has 4 rings (SSSR count). The van der Waals surface area contributed by atoms with E-state index in [0.29, 0.717) is 16.3 Å². The van der Waals surface area contributed by atoms with Gasteiger partial charge in [-0.15, -0.1) is 0 Å². The van der Waals surface area contributed by atoms with E-state index in [4.69, 9.17) is 5.73 Å². The van der Waals surface area contributed by atoms with E-state index >= 15 is 0 Å². The third kappa shape index (κ3) is 2.99. The summed E-state index contributed by atoms with van der Waals surface area (Å²) in [7, 11) is 3.04. The van der Waals surface area contributed by atoms with Crippen LogP contribution in [0.1, 0.15) is 32.7 Å². The van der Waals surface area contributed by atoms with Crippen LogP contribution < -0.4 is 5.73 Å². The first-order valence-electron chi connectivity index (χ1n) is 10.2. The van der Waals surface area contributed by atoms with Crippen molar-refractivity contribution in [1.82, 2.24) is 4.90 Å². The van der Waals surface area contributed by atoms with Gasteiger partial charge in [-0.05, 0) is 44.5 Å². The number of hydrogen-bond donors (Lipinski definition) is 3. The highest BCUT2D eigenvalue weighted by Gasteiger charge is 2.69. The number of fused-ring (bicyclic) bond motifs is 3. The van der Waals surface area contributed by atoms with Crippen molar-refractivity contribution in [3.63, 3.8) is 0 Å². The molecule has 1 amide bonds. The lowest BCUT2D eigenvalue weighted by atomic mass is 9.52. The smallest absolute Gasteiger partial charge is 0.235 e. The van der Waals surface area contributed by atoms with Crippen molar-refractivity contribution in [2.75, 3.05) is 14.1 Å². The van der Waals surface area contributed by atoms with Gasteiger partial charge < -0.3 is 15.9 Å². The van der Waals surface area contributed by atoms with Gasteiger partial charge in [0, 0.05) is 10.4 Å². The number of carbonyl (C=O) groups excluding carboxylic acids is 6. The second-order valence-corrected chi connectivity index (χ2v) is 9.91. The first-order chi connectivity index (χ1) is 15.4. The van der Waals surface area contributed by atoms with Gasteiger partial charge in [-0.25, -0.2) is 0 Å². The number of likely N-dealkylation sites (N-methyl/N-ethyl adjacent to an activating group) is 1. The zero-order chi connectivity index (χ0) is 24.6. The van der Waals surface area contributed by atoms with Crippen LogP contribution in [0.5, 0.6) is 5.75 Å². The van der Waals surface area contributed by atoms with E-state index in [1.165, 1.54) is 25.1 Å². The molecule has 0 saturated heterocycles. The summed E-state index contributed by atoms with van der Waals surface area (Å²) in [5.41, 5.74) is 2.51. The zero-order valence-electron chi connectivity index (χ0n) is 17.7. The van der Waals surface area contributed by atoms with Gasteiger partial charge in [0.2, 0.25) is 5.91 Å². The van der Waals surface area contributed by atoms with Crippen LogP contribution in [0.25, 0.3) is 0 Å². The number of primary amides is 1. The lowest BCUT2D eigenvalue weighted by molar-refractivity contribution is -0.181. The molecule has 2 saturated carbocycles. The number of halogens is 1. The van der Waals surface area contributed by atoms with Crippen molar-refractivity contribution in [1.29, 1.82) is 0 Å². The van der Waals surface area contributed by atoms with Crippen LogP contribution in [-0.2, 0) is 25.6 Å². The van der Waals surface area contributed by atoms with Crippen LogP contribution in [0.2, 0.25) is 0 Å². The van der Waals surface area contributed by atoms with E-state index in [0.717, 1.165) is 0 Å². The third-order valence-corrected chi connectivity index (χ3v) is 7.87. The molecule has 3 aliphatic carbocycles. The maximum atomic E-state index is 13.6. The predicted molar refractivity (Wildman–Crippen MR) is 114 cm³/mol. The number of aliphatic hydroxyl groups is 1. The van der Waals surface area contributed by atoms with Crippen molar-refractivity contribution < 1.29 is 39.0 Å². The van der Waals surface area contributed by atoms with Crippen LogP contribution in [0.15, 0.2) is 10.5 Å². The average molecular weight is 521 g/mol. The summed E-state index contributed by atoms with van der Waals surface area (Å²) >= 11 is 3.30. The van der Waals surface area contributed by atoms with Crippen molar-refractivity contribution in [2.45, 2.75) is 24.5 Å². The number of amides is 1. The Morgan fingerprint density at radius 2 is 1.88 bits per heavy atom. The fourth-order valence-electron chi connectivity index (χ4n) is 5.74. The molecule has 0 radical (unpaired) electrons. The molecular formula is C22H21BrN2O8. The van der Waals surface area contributed by atoms with Gasteiger partial charge in [0.25, 0.3) is 0 Å². The van der Waals surface area contributed by atoms with E-state index in [1.807, 2.05) is 0 Å². The van der Waals surface area contributed by atoms with Gasteiger partial charge in [-0.2, -0.15) is 0 Å². The number of phenols is 1. The average Bonchev–Trinajstić information content (AvgIpc) is 2.72. The number of rotatable bonds is 3. The molecule has 6 atom stereocenters. The number of carbonyl (C=O) groups is 6. The minimum absolute atomic E-state index is 0.0352. The van der Waals surface area contributed by atoms with Crippen LogP contribution >= 0.6 is 15.9 Å². The second kappa shape index (κ2) is 7.64. The molecular weight excluding hydrogens is 500 g/mol. The Bertz CT molecular complexity index is 1160. The number of aldehydes is 1. The number of nitrogens with two attached hydrogens (primary N) is 1. The standard InChI is InChI=1S/C22H21BrN2O8/c1-25(2)15-10-4-7-3-9-11(23)5-8(6-26)16(27)13(9)17(28)12(7)19(30)22(10,33)20(31)14(18(15)29)21(24)32/h5-7,10,12,14-15,27,33H,3-4H2,1-2H3,(H2,24,32)/t7-,10-,12?,14?,15-,22-/m0/s1. The molecule has 1 aromatic rings. The van der Waals surface area contributed by atoms with E-state index in [9.17, 15) is 39.0 Å². The summed E-state index contributed by atoms with van der Waals surface area (Å²) in [6.45, 7) is 0. The highest BCUT2D eigenvalue weighted by molar-refractivity contribution is 9.10. The van der Waals surface area contributed by atoms with Gasteiger partial charge in [0.15, 0.2) is 40.9 Å². The first-order valence-corrected chi connectivity index (χ1v) is 11.0. The minimum atomic E-state index is -2.77. The quantitative estimate of drug-likeness (QED) is 0.348. The Hall–Kier alpha value is -2.76. The largest absolute Gasteiger partial charge is 0.506 e. The molecule has 174 valence electrons. The van der Waals surface area contributed by atoms with E-state index in [2.05, 4.69) is 15.9 Å². The summed E-state index contributed by atoms with van der Waals surface area (Å²) in [6, 6.07) is 0.213. The number of ketones is 4. The Labute approximate surface area is 196 Å². The molecule has 2 unspecified atom stereocenters. The third-order valence-electron chi connectivity index (χ3n) is 7.16. The fourth-order valence-corrected chi connectivity index (χ4v) is 6.34. The summed E-state index contributed by atoms with van der Waals surface area (Å²) in [6.07, 6.45) is 0.451. The van der Waals surface area contributed by atoms with Gasteiger partial charge >= 0.3 is 0 Å². The van der Waals surface area contributed by atoms with Crippen molar-refractivity contribution >= 4 is 51.3 Å². The Morgan fingerprint density at radius 3 is 2.42 bits per heavy atom. The predicted octanol–water partition coefficient (Wildman–Crippen LogP) is -0.558. The fraction of sp³-hybridized carbons (Fsp3) is 0.455. The monoisotopic (exact) mass is 520 g/mol. The zero-order valence-corrected chi connectivity index (χ0v) is 19.3. The molecule has 0 heterocycles. The SMILES string of the molecule is CN(C)[C@@H]1C(=O)C(C(N)=O)C(=O)[C@@]2(O)C(=O)C3C(=O)c4c(O)c(C=O)cc(Br)c4C[C@H]3C[C@@H]12. The lowest BCUT2D eigenvalue weighted by Crippen LogP contribution is -2.74. The molecule has 3 aliphatic rings. The molecule has 33 heavy (non-hydrogen) atoms. The molecule has 0 aliphatic heterocycles. The van der Waals surface area contributed by atoms with Gasteiger partial charge in [0.1, 0.15) is 5.75 Å². The number of Topliss-reactive ketones (excluding diaryl/α,β-unsaturated/α-hetero) is 4. The molecule has 0 aromatic heterocycles. The van der Waals surface area contributed by atoms with Gasteiger partial charge in [0.05, 0.1) is 23.1 Å². The minimum Gasteiger partial charge on any atom is -0.506 e. The Balaban J connectivity index is 1.90. The van der Waals surface area contributed by atoms with Crippen molar-refractivity contribution in [2.24, 2.45) is 29.4 Å². The maximum Gasteiger partial charge on any atom is 0.235 e. The molecule has 4 N–H and O–H groups in total. The van der Waals surface area contributed by atoms with Crippen molar-refractivity contribution in [3.8, 4) is 5.75 Å². The summed E-state index contributed by atoms with van der Waals surface area (Å²) in [5.74, 6) is -11.3. The molecule has 0 bridgehead atoms. The number of hydrogen-bond acceptors (Lipinski definition) is 9. The molecule has 0 spiro atoms. The summed E-state index contributed by atoms with van der Waals surface area (Å²) in [5, 5.41) is 21.9. The van der Waals surface area contributed by atoms with Crippen LogP contribution in [0.4, 0.5) is 0 Å². The van der Waals surface area contributed by atoms with Gasteiger partial charge in [-0.3, -0.25) is 33.7 Å². The van der Waals surface area contributed by atoms with Gasteiger partial charge in [-0.1, -0.05) is 15.9 Å². The van der Waals surface area contributed by atoms with Crippen LogP contribution in [0.3, 0.4) is 0 Å². The summed E-state index contributed by atoms with van der Waals surface area (Å²) < 4.78 is 0.395. The number of benzene rings is 1. The van der Waals surface area contributed by atoms with Crippen LogP contribution in [0, 0.1) is 23.7 Å². The Morgan fingerprint density at radius 1 is 1.24 bits per heavy atom. The highest BCUT2D eigenvalue weighted by Crippen LogP contribution is 2.51. The molecule has 11 heteroatoms.